The Morgan fingerprint density at radius 3 is 2.61 bits per heavy atom. The molecule has 0 spiro atoms. The Kier molecular flexibility index (Phi) is 5.43. The fourth-order valence-electron chi connectivity index (χ4n) is 1.48. The van der Waals surface area contributed by atoms with Gasteiger partial charge in [-0.25, -0.2) is 0 Å². The lowest BCUT2D eigenvalue weighted by molar-refractivity contribution is -0.125. The van der Waals surface area contributed by atoms with Gasteiger partial charge in [0, 0.05) is 13.1 Å². The molecule has 0 saturated carbocycles. The van der Waals surface area contributed by atoms with Gasteiger partial charge < -0.3 is 9.64 Å². The van der Waals surface area contributed by atoms with Gasteiger partial charge in [0.15, 0.2) is 0 Å². The van der Waals surface area contributed by atoms with E-state index in [1.807, 2.05) is 45.0 Å². The minimum Gasteiger partial charge on any atom is -0.491 e. The van der Waals surface area contributed by atoms with E-state index in [1.54, 1.807) is 18.0 Å². The minimum atomic E-state index is 0.0170. The molecule has 0 heterocycles. The number of hydrogen-bond acceptors (Lipinski definition) is 2. The predicted molar refractivity (Wildman–Crippen MR) is 73.7 cm³/mol. The highest BCUT2D eigenvalue weighted by Gasteiger charge is 2.05. The lowest BCUT2D eigenvalue weighted by atomic mass is 10.2. The SMILES string of the molecule is CC(C)=CC(=O)N(C)CCOc1ccccc1C. The smallest absolute Gasteiger partial charge is 0.246 e. The number of likely N-dealkylation sites (N-methyl/N-ethyl adjacent to an activating group) is 1. The summed E-state index contributed by atoms with van der Waals surface area (Å²) in [5, 5.41) is 0. The molecule has 3 nitrogen and oxygen atoms in total. The summed E-state index contributed by atoms with van der Waals surface area (Å²) in [5.41, 5.74) is 2.11. The van der Waals surface area contributed by atoms with Crippen LogP contribution in [0.4, 0.5) is 0 Å². The van der Waals surface area contributed by atoms with Crippen molar-refractivity contribution >= 4 is 5.91 Å². The lowest BCUT2D eigenvalue weighted by Gasteiger charge is -2.16. The average Bonchev–Trinajstić information content (AvgIpc) is 2.30. The number of carbonyl (C=O) groups is 1. The maximum Gasteiger partial charge on any atom is 0.246 e. The molecule has 0 radical (unpaired) electrons. The van der Waals surface area contributed by atoms with Crippen LogP contribution in [0.25, 0.3) is 0 Å². The van der Waals surface area contributed by atoms with Crippen molar-refractivity contribution < 1.29 is 9.53 Å². The first kappa shape index (κ1) is 14.3. The van der Waals surface area contributed by atoms with E-state index < -0.39 is 0 Å². The molecule has 1 aromatic rings. The average molecular weight is 247 g/mol. The lowest BCUT2D eigenvalue weighted by Crippen LogP contribution is -2.29. The molecule has 0 aliphatic heterocycles. The molecular weight excluding hydrogens is 226 g/mol. The maximum absolute atomic E-state index is 11.7. The molecule has 18 heavy (non-hydrogen) atoms. The Balaban J connectivity index is 2.41. The summed E-state index contributed by atoms with van der Waals surface area (Å²) in [7, 11) is 1.78. The molecule has 0 N–H and O–H groups in total. The summed E-state index contributed by atoms with van der Waals surface area (Å²) < 4.78 is 5.65. The molecule has 98 valence electrons. The van der Waals surface area contributed by atoms with Crippen LogP contribution in [0.15, 0.2) is 35.9 Å². The van der Waals surface area contributed by atoms with Gasteiger partial charge in [0.05, 0.1) is 6.54 Å². The zero-order valence-corrected chi connectivity index (χ0v) is 11.6. The third-order valence-corrected chi connectivity index (χ3v) is 2.57. The number of nitrogens with zero attached hydrogens (tertiary/aromatic N) is 1. The molecule has 0 aliphatic rings. The molecule has 0 aliphatic carbocycles. The van der Waals surface area contributed by atoms with Crippen LogP contribution < -0.4 is 4.74 Å². The summed E-state index contributed by atoms with van der Waals surface area (Å²) in [5.74, 6) is 0.893. The molecule has 0 fully saturated rings. The second kappa shape index (κ2) is 6.84. The Bertz CT molecular complexity index is 434. The summed E-state index contributed by atoms with van der Waals surface area (Å²) >= 11 is 0. The number of hydrogen-bond donors (Lipinski definition) is 0. The number of ether oxygens (including phenoxy) is 1. The molecule has 0 aromatic heterocycles. The van der Waals surface area contributed by atoms with Crippen molar-refractivity contribution in [2.24, 2.45) is 0 Å². The van der Waals surface area contributed by atoms with E-state index in [2.05, 4.69) is 0 Å². The van der Waals surface area contributed by atoms with Gasteiger partial charge in [-0.15, -0.1) is 0 Å². The number of carbonyl (C=O) groups excluding carboxylic acids is 1. The molecule has 0 unspecified atom stereocenters. The van der Waals surface area contributed by atoms with Crippen molar-refractivity contribution in [1.29, 1.82) is 0 Å². The molecular formula is C15H21NO2. The summed E-state index contributed by atoms with van der Waals surface area (Å²) in [6.07, 6.45) is 1.63. The molecule has 3 heteroatoms. The summed E-state index contributed by atoms with van der Waals surface area (Å²) in [4.78, 5) is 13.3. The number of amides is 1. The zero-order valence-electron chi connectivity index (χ0n) is 11.6. The third-order valence-electron chi connectivity index (χ3n) is 2.57. The number of para-hydroxylation sites is 1. The van der Waals surface area contributed by atoms with Crippen LogP contribution in [0.3, 0.4) is 0 Å². The standard InChI is InChI=1S/C15H21NO2/c1-12(2)11-15(17)16(4)9-10-18-14-8-6-5-7-13(14)3/h5-8,11H,9-10H2,1-4H3. The molecule has 0 saturated heterocycles. The first-order valence-corrected chi connectivity index (χ1v) is 6.09. The maximum atomic E-state index is 11.7. The highest BCUT2D eigenvalue weighted by molar-refractivity contribution is 5.87. The van der Waals surface area contributed by atoms with Crippen LogP contribution in [0.2, 0.25) is 0 Å². The Labute approximate surface area is 109 Å². The van der Waals surface area contributed by atoms with E-state index in [0.29, 0.717) is 13.2 Å². The van der Waals surface area contributed by atoms with Crippen molar-refractivity contribution in [3.05, 3.63) is 41.5 Å². The summed E-state index contributed by atoms with van der Waals surface area (Å²) in [6, 6.07) is 7.87. The normalized spacial score (nSPS) is 9.78. The van der Waals surface area contributed by atoms with E-state index >= 15 is 0 Å². The van der Waals surface area contributed by atoms with Crippen LogP contribution in [0.5, 0.6) is 5.75 Å². The summed E-state index contributed by atoms with van der Waals surface area (Å²) in [6.45, 7) is 6.92. The topological polar surface area (TPSA) is 29.5 Å². The number of aryl methyl sites for hydroxylation is 1. The molecule has 0 atom stereocenters. The second-order valence-corrected chi connectivity index (χ2v) is 4.60. The number of benzene rings is 1. The van der Waals surface area contributed by atoms with E-state index in [1.165, 1.54) is 0 Å². The van der Waals surface area contributed by atoms with Crippen molar-refractivity contribution in [1.82, 2.24) is 4.90 Å². The Hall–Kier alpha value is -1.77. The van der Waals surface area contributed by atoms with Crippen LogP contribution in [0, 0.1) is 6.92 Å². The molecule has 1 rings (SSSR count). The minimum absolute atomic E-state index is 0.0170. The quantitative estimate of drug-likeness (QED) is 0.749. The fourth-order valence-corrected chi connectivity index (χ4v) is 1.48. The van der Waals surface area contributed by atoms with Gasteiger partial charge in [-0.05, 0) is 32.4 Å². The van der Waals surface area contributed by atoms with Crippen LogP contribution in [0.1, 0.15) is 19.4 Å². The Morgan fingerprint density at radius 1 is 1.33 bits per heavy atom. The predicted octanol–water partition coefficient (Wildman–Crippen LogP) is 2.80. The van der Waals surface area contributed by atoms with Crippen LogP contribution in [-0.4, -0.2) is 31.0 Å². The van der Waals surface area contributed by atoms with Crippen molar-refractivity contribution in [3.8, 4) is 5.75 Å². The molecule has 1 aromatic carbocycles. The van der Waals surface area contributed by atoms with Gasteiger partial charge in [0.25, 0.3) is 0 Å². The van der Waals surface area contributed by atoms with E-state index in [0.717, 1.165) is 16.9 Å². The van der Waals surface area contributed by atoms with Gasteiger partial charge in [-0.3, -0.25) is 4.79 Å². The van der Waals surface area contributed by atoms with E-state index in [4.69, 9.17) is 4.74 Å². The van der Waals surface area contributed by atoms with Gasteiger partial charge in [-0.2, -0.15) is 0 Å². The van der Waals surface area contributed by atoms with Crippen molar-refractivity contribution in [3.63, 3.8) is 0 Å². The van der Waals surface area contributed by atoms with E-state index in [-0.39, 0.29) is 5.91 Å². The largest absolute Gasteiger partial charge is 0.491 e. The fraction of sp³-hybridized carbons (Fsp3) is 0.400. The van der Waals surface area contributed by atoms with Crippen molar-refractivity contribution in [2.75, 3.05) is 20.2 Å². The zero-order chi connectivity index (χ0) is 13.5. The van der Waals surface area contributed by atoms with Gasteiger partial charge >= 0.3 is 0 Å². The van der Waals surface area contributed by atoms with E-state index in [9.17, 15) is 4.79 Å². The van der Waals surface area contributed by atoms with Gasteiger partial charge in [0.2, 0.25) is 5.91 Å². The first-order valence-electron chi connectivity index (χ1n) is 6.09. The van der Waals surface area contributed by atoms with Gasteiger partial charge in [-0.1, -0.05) is 23.8 Å². The van der Waals surface area contributed by atoms with Crippen LogP contribution in [-0.2, 0) is 4.79 Å². The number of rotatable bonds is 5. The first-order chi connectivity index (χ1) is 8.50. The van der Waals surface area contributed by atoms with Crippen molar-refractivity contribution in [2.45, 2.75) is 20.8 Å². The molecule has 0 bridgehead atoms. The Morgan fingerprint density at radius 2 is 2.00 bits per heavy atom. The van der Waals surface area contributed by atoms with Crippen LogP contribution >= 0.6 is 0 Å². The monoisotopic (exact) mass is 247 g/mol. The highest BCUT2D eigenvalue weighted by Crippen LogP contribution is 2.15. The highest BCUT2D eigenvalue weighted by atomic mass is 16.5. The second-order valence-electron chi connectivity index (χ2n) is 4.60. The number of allylic oxidation sites excluding steroid dienone is 1. The third kappa shape index (κ3) is 4.62. The molecule has 1 amide bonds. The van der Waals surface area contributed by atoms with Gasteiger partial charge in [0.1, 0.15) is 12.4 Å².